The maximum Gasteiger partial charge on any atom is 0.159 e. The lowest BCUT2D eigenvalue weighted by Crippen LogP contribution is -2.19. The SMILES string of the molecule is CC(=O)c1ccc(NCC(C)CN)cc1. The first-order valence-corrected chi connectivity index (χ1v) is 5.18. The normalized spacial score (nSPS) is 12.2. The molecule has 1 rings (SSSR count). The highest BCUT2D eigenvalue weighted by Gasteiger charge is 2.00. The molecular formula is C12H18N2O. The fourth-order valence-electron chi connectivity index (χ4n) is 1.20. The third kappa shape index (κ3) is 3.72. The van der Waals surface area contributed by atoms with E-state index in [0.29, 0.717) is 12.5 Å². The van der Waals surface area contributed by atoms with Crippen molar-refractivity contribution < 1.29 is 4.79 Å². The predicted molar refractivity (Wildman–Crippen MR) is 63.2 cm³/mol. The van der Waals surface area contributed by atoms with Gasteiger partial charge >= 0.3 is 0 Å². The zero-order valence-electron chi connectivity index (χ0n) is 9.29. The molecule has 0 aliphatic rings. The van der Waals surface area contributed by atoms with E-state index in [2.05, 4.69) is 12.2 Å². The molecule has 1 atom stereocenters. The monoisotopic (exact) mass is 206 g/mol. The third-order valence-electron chi connectivity index (χ3n) is 2.35. The smallest absolute Gasteiger partial charge is 0.159 e. The number of ketones is 1. The molecule has 0 saturated carbocycles. The second kappa shape index (κ2) is 5.51. The zero-order valence-corrected chi connectivity index (χ0v) is 9.29. The Morgan fingerprint density at radius 2 is 2.00 bits per heavy atom. The molecule has 0 aliphatic heterocycles. The predicted octanol–water partition coefficient (Wildman–Crippen LogP) is 1.90. The molecule has 0 spiro atoms. The molecule has 0 aromatic heterocycles. The summed E-state index contributed by atoms with van der Waals surface area (Å²) in [5.74, 6) is 0.550. The van der Waals surface area contributed by atoms with Crippen molar-refractivity contribution >= 4 is 11.5 Å². The van der Waals surface area contributed by atoms with Crippen LogP contribution in [0.25, 0.3) is 0 Å². The fourth-order valence-corrected chi connectivity index (χ4v) is 1.20. The first-order valence-electron chi connectivity index (χ1n) is 5.18. The minimum atomic E-state index is 0.0943. The van der Waals surface area contributed by atoms with Crippen LogP contribution in [0.15, 0.2) is 24.3 Å². The van der Waals surface area contributed by atoms with Crippen LogP contribution >= 0.6 is 0 Å². The Morgan fingerprint density at radius 3 is 2.47 bits per heavy atom. The number of nitrogens with two attached hydrogens (primary N) is 1. The van der Waals surface area contributed by atoms with E-state index in [-0.39, 0.29) is 5.78 Å². The molecule has 3 nitrogen and oxygen atoms in total. The van der Waals surface area contributed by atoms with Gasteiger partial charge in [0.2, 0.25) is 0 Å². The fraction of sp³-hybridized carbons (Fsp3) is 0.417. The van der Waals surface area contributed by atoms with Gasteiger partial charge in [0.15, 0.2) is 5.78 Å². The van der Waals surface area contributed by atoms with E-state index in [1.54, 1.807) is 6.92 Å². The summed E-state index contributed by atoms with van der Waals surface area (Å²) in [4.78, 5) is 11.0. The molecule has 0 fully saturated rings. The maximum absolute atomic E-state index is 11.0. The van der Waals surface area contributed by atoms with Gasteiger partial charge < -0.3 is 11.1 Å². The van der Waals surface area contributed by atoms with Gasteiger partial charge in [0.1, 0.15) is 0 Å². The molecule has 1 aromatic carbocycles. The molecule has 0 saturated heterocycles. The summed E-state index contributed by atoms with van der Waals surface area (Å²) in [6.45, 7) is 5.20. The Labute approximate surface area is 90.7 Å². The number of Topliss-reactive ketones (excluding diaryl/α,β-unsaturated/α-hetero) is 1. The van der Waals surface area contributed by atoms with E-state index in [9.17, 15) is 4.79 Å². The number of benzene rings is 1. The largest absolute Gasteiger partial charge is 0.385 e. The summed E-state index contributed by atoms with van der Waals surface area (Å²) in [6.07, 6.45) is 0. The summed E-state index contributed by atoms with van der Waals surface area (Å²) in [6, 6.07) is 7.50. The molecule has 0 radical (unpaired) electrons. The van der Waals surface area contributed by atoms with Crippen molar-refractivity contribution in [2.45, 2.75) is 13.8 Å². The van der Waals surface area contributed by atoms with Crippen LogP contribution in [0.1, 0.15) is 24.2 Å². The molecule has 15 heavy (non-hydrogen) atoms. The van der Waals surface area contributed by atoms with Crippen LogP contribution in [0.4, 0.5) is 5.69 Å². The second-order valence-electron chi connectivity index (χ2n) is 3.86. The van der Waals surface area contributed by atoms with Crippen molar-refractivity contribution in [2.24, 2.45) is 11.7 Å². The minimum Gasteiger partial charge on any atom is -0.385 e. The van der Waals surface area contributed by atoms with Crippen molar-refractivity contribution in [3.05, 3.63) is 29.8 Å². The van der Waals surface area contributed by atoms with Crippen molar-refractivity contribution in [1.29, 1.82) is 0 Å². The van der Waals surface area contributed by atoms with Gasteiger partial charge in [-0.05, 0) is 43.7 Å². The second-order valence-corrected chi connectivity index (χ2v) is 3.86. The Bertz CT molecular complexity index is 319. The standard InChI is InChI=1S/C12H18N2O/c1-9(7-13)8-14-12-5-3-11(4-6-12)10(2)15/h3-6,9,14H,7-8,13H2,1-2H3. The molecule has 1 unspecified atom stereocenters. The van der Waals surface area contributed by atoms with E-state index >= 15 is 0 Å². The first-order chi connectivity index (χ1) is 7.13. The van der Waals surface area contributed by atoms with Gasteiger partial charge in [-0.3, -0.25) is 4.79 Å². The van der Waals surface area contributed by atoms with Crippen LogP contribution < -0.4 is 11.1 Å². The van der Waals surface area contributed by atoms with E-state index < -0.39 is 0 Å². The Balaban J connectivity index is 2.53. The highest BCUT2D eigenvalue weighted by molar-refractivity contribution is 5.94. The van der Waals surface area contributed by atoms with Gasteiger partial charge in [0.25, 0.3) is 0 Å². The zero-order chi connectivity index (χ0) is 11.3. The third-order valence-corrected chi connectivity index (χ3v) is 2.35. The first kappa shape index (κ1) is 11.7. The molecule has 3 N–H and O–H groups in total. The topological polar surface area (TPSA) is 55.1 Å². The van der Waals surface area contributed by atoms with Crippen molar-refractivity contribution in [3.63, 3.8) is 0 Å². The van der Waals surface area contributed by atoms with Crippen LogP contribution in [0.2, 0.25) is 0 Å². The summed E-state index contributed by atoms with van der Waals surface area (Å²) >= 11 is 0. The molecule has 3 heteroatoms. The number of hydrogen-bond acceptors (Lipinski definition) is 3. The quantitative estimate of drug-likeness (QED) is 0.723. The number of rotatable bonds is 5. The number of carbonyl (C=O) groups is 1. The van der Waals surface area contributed by atoms with Crippen molar-refractivity contribution in [2.75, 3.05) is 18.4 Å². The van der Waals surface area contributed by atoms with Crippen LogP contribution in [-0.2, 0) is 0 Å². The van der Waals surface area contributed by atoms with E-state index in [1.165, 1.54) is 0 Å². The lowest BCUT2D eigenvalue weighted by atomic mass is 10.1. The van der Waals surface area contributed by atoms with Crippen molar-refractivity contribution in [3.8, 4) is 0 Å². The number of nitrogens with one attached hydrogen (secondary N) is 1. The number of carbonyl (C=O) groups excluding carboxylic acids is 1. The Kier molecular flexibility index (Phi) is 4.31. The summed E-state index contributed by atoms with van der Waals surface area (Å²) in [7, 11) is 0. The average molecular weight is 206 g/mol. The summed E-state index contributed by atoms with van der Waals surface area (Å²) < 4.78 is 0. The van der Waals surface area contributed by atoms with Crippen LogP contribution in [0, 0.1) is 5.92 Å². The summed E-state index contributed by atoms with van der Waals surface area (Å²) in [5, 5.41) is 3.27. The van der Waals surface area contributed by atoms with Crippen LogP contribution in [-0.4, -0.2) is 18.9 Å². The van der Waals surface area contributed by atoms with Crippen LogP contribution in [0.3, 0.4) is 0 Å². The molecular weight excluding hydrogens is 188 g/mol. The van der Waals surface area contributed by atoms with Gasteiger partial charge in [-0.15, -0.1) is 0 Å². The van der Waals surface area contributed by atoms with E-state index in [1.807, 2.05) is 24.3 Å². The van der Waals surface area contributed by atoms with Gasteiger partial charge in [0, 0.05) is 17.8 Å². The van der Waals surface area contributed by atoms with Crippen LogP contribution in [0.5, 0.6) is 0 Å². The average Bonchev–Trinajstić information content (AvgIpc) is 2.26. The van der Waals surface area contributed by atoms with E-state index in [4.69, 9.17) is 5.73 Å². The maximum atomic E-state index is 11.0. The Hall–Kier alpha value is -1.35. The lowest BCUT2D eigenvalue weighted by molar-refractivity contribution is 0.101. The van der Waals surface area contributed by atoms with Crippen molar-refractivity contribution in [1.82, 2.24) is 0 Å². The van der Waals surface area contributed by atoms with Gasteiger partial charge in [-0.2, -0.15) is 0 Å². The van der Waals surface area contributed by atoms with E-state index in [0.717, 1.165) is 17.8 Å². The number of hydrogen-bond donors (Lipinski definition) is 2. The molecule has 1 aromatic rings. The molecule has 0 heterocycles. The van der Waals surface area contributed by atoms with Gasteiger partial charge in [-0.25, -0.2) is 0 Å². The highest BCUT2D eigenvalue weighted by Crippen LogP contribution is 2.10. The Morgan fingerprint density at radius 1 is 1.40 bits per heavy atom. The van der Waals surface area contributed by atoms with Gasteiger partial charge in [0.05, 0.1) is 0 Å². The minimum absolute atomic E-state index is 0.0943. The molecule has 0 amide bonds. The highest BCUT2D eigenvalue weighted by atomic mass is 16.1. The lowest BCUT2D eigenvalue weighted by Gasteiger charge is -2.11. The molecule has 0 bridgehead atoms. The number of anilines is 1. The molecule has 82 valence electrons. The van der Waals surface area contributed by atoms with Gasteiger partial charge in [-0.1, -0.05) is 6.92 Å². The molecule has 0 aliphatic carbocycles. The summed E-state index contributed by atoms with van der Waals surface area (Å²) in [5.41, 5.74) is 7.29.